The minimum absolute atomic E-state index is 0.0149. The highest BCUT2D eigenvalue weighted by Gasteiger charge is 2.53. The van der Waals surface area contributed by atoms with Gasteiger partial charge in [0.05, 0.1) is 5.41 Å². The molecule has 0 aromatic heterocycles. The maximum Gasteiger partial charge on any atom is 0.229 e. The summed E-state index contributed by atoms with van der Waals surface area (Å²) in [5.74, 6) is 0.933. The van der Waals surface area contributed by atoms with Gasteiger partial charge in [0, 0.05) is 12.1 Å². The first-order chi connectivity index (χ1) is 6.99. The van der Waals surface area contributed by atoms with Gasteiger partial charge in [-0.2, -0.15) is 0 Å². The van der Waals surface area contributed by atoms with Crippen LogP contribution in [0, 0.1) is 11.3 Å². The smallest absolute Gasteiger partial charge is 0.229 e. The molecule has 2 aliphatic heterocycles. The molecule has 15 heavy (non-hydrogen) atoms. The van der Waals surface area contributed by atoms with Crippen molar-refractivity contribution in [3.05, 3.63) is 0 Å². The molecule has 0 aromatic rings. The lowest BCUT2D eigenvalue weighted by Crippen LogP contribution is -2.61. The lowest BCUT2D eigenvalue weighted by atomic mass is 9.61. The van der Waals surface area contributed by atoms with Crippen LogP contribution in [0.1, 0.15) is 53.4 Å². The fourth-order valence-corrected chi connectivity index (χ4v) is 3.51. The largest absolute Gasteiger partial charge is 0.337 e. The van der Waals surface area contributed by atoms with Gasteiger partial charge in [0.1, 0.15) is 0 Å². The molecule has 2 heteroatoms. The van der Waals surface area contributed by atoms with Crippen LogP contribution in [0.5, 0.6) is 0 Å². The van der Waals surface area contributed by atoms with E-state index in [9.17, 15) is 4.79 Å². The molecule has 3 fully saturated rings. The molecule has 0 spiro atoms. The predicted molar refractivity (Wildman–Crippen MR) is 61.5 cm³/mol. The highest BCUT2D eigenvalue weighted by molar-refractivity contribution is 5.85. The third kappa shape index (κ3) is 1.41. The summed E-state index contributed by atoms with van der Waals surface area (Å²) in [7, 11) is 0. The molecule has 2 bridgehead atoms. The third-order valence-electron chi connectivity index (χ3n) is 4.56. The van der Waals surface area contributed by atoms with Crippen LogP contribution in [0.4, 0.5) is 0 Å². The molecular formula is C13H23NO. The van der Waals surface area contributed by atoms with Crippen molar-refractivity contribution in [2.45, 2.75) is 65.5 Å². The molecule has 0 aromatic carbocycles. The molecular weight excluding hydrogens is 186 g/mol. The normalized spacial score (nSPS) is 35.7. The highest BCUT2D eigenvalue weighted by atomic mass is 16.2. The monoisotopic (exact) mass is 209 g/mol. The van der Waals surface area contributed by atoms with Crippen LogP contribution in [-0.4, -0.2) is 22.9 Å². The van der Waals surface area contributed by atoms with E-state index < -0.39 is 0 Å². The quantitative estimate of drug-likeness (QED) is 0.685. The van der Waals surface area contributed by atoms with Gasteiger partial charge in [0.25, 0.3) is 0 Å². The Morgan fingerprint density at radius 1 is 1.20 bits per heavy atom. The van der Waals surface area contributed by atoms with Crippen molar-refractivity contribution in [2.24, 2.45) is 11.3 Å². The SMILES string of the molecule is CC(C)N1C(=O)C2(C(C)C)CCC1CC2. The maximum atomic E-state index is 12.5. The van der Waals surface area contributed by atoms with Gasteiger partial charge in [0.2, 0.25) is 5.91 Å². The molecule has 0 N–H and O–H groups in total. The zero-order valence-corrected chi connectivity index (χ0v) is 10.4. The van der Waals surface area contributed by atoms with Crippen molar-refractivity contribution in [3.8, 4) is 0 Å². The summed E-state index contributed by atoms with van der Waals surface area (Å²) in [5.41, 5.74) is -0.0149. The number of amides is 1. The third-order valence-corrected chi connectivity index (χ3v) is 4.56. The second kappa shape index (κ2) is 3.50. The number of fused-ring (bicyclic) bond motifs is 3. The van der Waals surface area contributed by atoms with Gasteiger partial charge in [-0.25, -0.2) is 0 Å². The number of hydrogen-bond acceptors (Lipinski definition) is 1. The van der Waals surface area contributed by atoms with Crippen molar-refractivity contribution in [1.82, 2.24) is 4.90 Å². The fraction of sp³-hybridized carbons (Fsp3) is 0.923. The van der Waals surface area contributed by atoms with Crippen molar-refractivity contribution in [3.63, 3.8) is 0 Å². The molecule has 0 atom stereocenters. The van der Waals surface area contributed by atoms with E-state index in [1.54, 1.807) is 0 Å². The Hall–Kier alpha value is -0.530. The molecule has 3 aliphatic rings. The zero-order chi connectivity index (χ0) is 11.2. The van der Waals surface area contributed by atoms with Gasteiger partial charge in [-0.3, -0.25) is 4.79 Å². The van der Waals surface area contributed by atoms with E-state index in [0.29, 0.717) is 23.9 Å². The Morgan fingerprint density at radius 2 is 1.73 bits per heavy atom. The molecule has 0 unspecified atom stereocenters. The number of hydrogen-bond donors (Lipinski definition) is 0. The van der Waals surface area contributed by atoms with E-state index in [0.717, 1.165) is 12.8 Å². The van der Waals surface area contributed by atoms with Gasteiger partial charge in [-0.1, -0.05) is 13.8 Å². The van der Waals surface area contributed by atoms with E-state index >= 15 is 0 Å². The van der Waals surface area contributed by atoms with Gasteiger partial charge < -0.3 is 4.90 Å². The molecule has 1 amide bonds. The van der Waals surface area contributed by atoms with Crippen LogP contribution < -0.4 is 0 Å². The van der Waals surface area contributed by atoms with Crippen LogP contribution in [-0.2, 0) is 4.79 Å². The highest BCUT2D eigenvalue weighted by Crippen LogP contribution is 2.50. The summed E-state index contributed by atoms with van der Waals surface area (Å²) in [6.07, 6.45) is 4.69. The Bertz CT molecular complexity index is 262. The first kappa shape index (κ1) is 11.0. The zero-order valence-electron chi connectivity index (χ0n) is 10.4. The second-order valence-corrected chi connectivity index (χ2v) is 5.85. The van der Waals surface area contributed by atoms with Crippen LogP contribution in [0.25, 0.3) is 0 Å². The molecule has 2 saturated heterocycles. The molecule has 2 heterocycles. The van der Waals surface area contributed by atoms with Gasteiger partial charge in [-0.15, -0.1) is 0 Å². The number of carbonyl (C=O) groups excluding carboxylic acids is 1. The summed E-state index contributed by atoms with van der Waals surface area (Å²) >= 11 is 0. The summed E-state index contributed by atoms with van der Waals surface area (Å²) in [6.45, 7) is 8.71. The summed E-state index contributed by atoms with van der Waals surface area (Å²) in [5, 5.41) is 0. The Labute approximate surface area is 93.0 Å². The van der Waals surface area contributed by atoms with E-state index in [1.165, 1.54) is 12.8 Å². The van der Waals surface area contributed by atoms with Gasteiger partial charge >= 0.3 is 0 Å². The van der Waals surface area contributed by atoms with Crippen LogP contribution in [0.2, 0.25) is 0 Å². The van der Waals surface area contributed by atoms with E-state index in [4.69, 9.17) is 0 Å². The summed E-state index contributed by atoms with van der Waals surface area (Å²) < 4.78 is 0. The number of carbonyl (C=O) groups is 1. The fourth-order valence-electron chi connectivity index (χ4n) is 3.51. The van der Waals surface area contributed by atoms with E-state index in [-0.39, 0.29) is 5.41 Å². The first-order valence-electron chi connectivity index (χ1n) is 6.32. The lowest BCUT2D eigenvalue weighted by Gasteiger charge is -2.55. The van der Waals surface area contributed by atoms with Crippen molar-refractivity contribution in [1.29, 1.82) is 0 Å². The second-order valence-electron chi connectivity index (χ2n) is 5.85. The van der Waals surface area contributed by atoms with Crippen molar-refractivity contribution >= 4 is 5.91 Å². The van der Waals surface area contributed by atoms with E-state index in [1.807, 2.05) is 0 Å². The molecule has 1 aliphatic carbocycles. The molecule has 3 rings (SSSR count). The predicted octanol–water partition coefficient (Wildman–Crippen LogP) is 2.82. The number of nitrogens with zero attached hydrogens (tertiary/aromatic N) is 1. The van der Waals surface area contributed by atoms with Crippen LogP contribution in [0.3, 0.4) is 0 Å². The van der Waals surface area contributed by atoms with Crippen LogP contribution in [0.15, 0.2) is 0 Å². The molecule has 2 nitrogen and oxygen atoms in total. The van der Waals surface area contributed by atoms with Gasteiger partial charge in [0.15, 0.2) is 0 Å². The minimum atomic E-state index is -0.0149. The average Bonchev–Trinajstić information content (AvgIpc) is 2.18. The van der Waals surface area contributed by atoms with Gasteiger partial charge in [-0.05, 0) is 45.4 Å². The summed E-state index contributed by atoms with van der Waals surface area (Å²) in [6, 6.07) is 0.916. The minimum Gasteiger partial charge on any atom is -0.337 e. The van der Waals surface area contributed by atoms with Crippen molar-refractivity contribution in [2.75, 3.05) is 0 Å². The summed E-state index contributed by atoms with van der Waals surface area (Å²) in [4.78, 5) is 14.7. The Balaban J connectivity index is 2.31. The Morgan fingerprint density at radius 3 is 2.13 bits per heavy atom. The maximum absolute atomic E-state index is 12.5. The number of piperidine rings is 2. The molecule has 86 valence electrons. The first-order valence-corrected chi connectivity index (χ1v) is 6.32. The lowest BCUT2D eigenvalue weighted by molar-refractivity contribution is -0.165. The standard InChI is InChI=1S/C13H23NO/c1-9(2)13-7-5-11(6-8-13)14(10(3)4)12(13)15/h9-11H,5-8H2,1-4H3. The van der Waals surface area contributed by atoms with E-state index in [2.05, 4.69) is 32.6 Å². The topological polar surface area (TPSA) is 20.3 Å². The molecule has 1 saturated carbocycles. The molecule has 0 radical (unpaired) electrons. The average molecular weight is 209 g/mol. The Kier molecular flexibility index (Phi) is 2.56. The van der Waals surface area contributed by atoms with Crippen LogP contribution >= 0.6 is 0 Å². The van der Waals surface area contributed by atoms with Crippen molar-refractivity contribution < 1.29 is 4.79 Å². The number of rotatable bonds is 2.